The van der Waals surface area contributed by atoms with Crippen molar-refractivity contribution in [2.24, 2.45) is 5.10 Å². The third-order valence-electron chi connectivity index (χ3n) is 4.61. The van der Waals surface area contributed by atoms with Gasteiger partial charge in [-0.25, -0.2) is 10.2 Å². The number of ether oxygens (including phenoxy) is 5. The van der Waals surface area contributed by atoms with E-state index >= 15 is 0 Å². The molecule has 0 saturated carbocycles. The fraction of sp³-hybridized carbons (Fsp3) is 0.217. The van der Waals surface area contributed by atoms with Crippen molar-refractivity contribution in [3.8, 4) is 28.7 Å². The lowest BCUT2D eigenvalue weighted by Crippen LogP contribution is -2.18. The lowest BCUT2D eigenvalue weighted by Gasteiger charge is -2.14. The molecule has 1 aromatic heterocycles. The van der Waals surface area contributed by atoms with Crippen LogP contribution in [0.1, 0.15) is 32.1 Å². The van der Waals surface area contributed by atoms with E-state index < -0.39 is 11.9 Å². The van der Waals surface area contributed by atoms with Crippen molar-refractivity contribution in [3.05, 3.63) is 58.9 Å². The van der Waals surface area contributed by atoms with E-state index in [2.05, 4.69) is 20.7 Å². The van der Waals surface area contributed by atoms with Crippen LogP contribution in [0.25, 0.3) is 0 Å². The molecule has 1 heterocycles. The summed E-state index contributed by atoms with van der Waals surface area (Å²) >= 11 is 0. The van der Waals surface area contributed by atoms with Crippen molar-refractivity contribution in [3.63, 3.8) is 0 Å². The number of esters is 1. The van der Waals surface area contributed by atoms with E-state index in [1.54, 1.807) is 31.2 Å². The summed E-state index contributed by atoms with van der Waals surface area (Å²) in [6.07, 6.45) is 1.42. The highest BCUT2D eigenvalue weighted by molar-refractivity contribution is 5.94. The molecule has 0 spiro atoms. The molecule has 34 heavy (non-hydrogen) atoms. The molecule has 0 bridgehead atoms. The number of hydrogen-bond donors (Lipinski definition) is 2. The number of methoxy groups -OCH3 is 4. The monoisotopic (exact) mass is 468 g/mol. The van der Waals surface area contributed by atoms with Gasteiger partial charge in [-0.2, -0.15) is 10.2 Å². The lowest BCUT2D eigenvalue weighted by atomic mass is 10.1. The van der Waals surface area contributed by atoms with Crippen molar-refractivity contribution in [1.29, 1.82) is 0 Å². The average Bonchev–Trinajstić information content (AvgIpc) is 3.29. The van der Waals surface area contributed by atoms with E-state index in [4.69, 9.17) is 23.7 Å². The van der Waals surface area contributed by atoms with E-state index in [0.717, 1.165) is 5.69 Å². The van der Waals surface area contributed by atoms with Crippen molar-refractivity contribution in [1.82, 2.24) is 15.6 Å². The zero-order chi connectivity index (χ0) is 24.7. The van der Waals surface area contributed by atoms with Gasteiger partial charge >= 0.3 is 5.97 Å². The van der Waals surface area contributed by atoms with E-state index in [1.807, 2.05) is 0 Å². The van der Waals surface area contributed by atoms with E-state index in [0.29, 0.717) is 28.6 Å². The number of benzene rings is 2. The molecule has 0 aliphatic rings. The van der Waals surface area contributed by atoms with Crippen LogP contribution in [0.15, 0.2) is 41.5 Å². The van der Waals surface area contributed by atoms with Gasteiger partial charge in [0, 0.05) is 5.69 Å². The highest BCUT2D eigenvalue weighted by Crippen LogP contribution is 2.38. The maximum absolute atomic E-state index is 12.8. The fourth-order valence-electron chi connectivity index (χ4n) is 2.96. The molecule has 3 rings (SSSR count). The minimum atomic E-state index is -0.652. The van der Waals surface area contributed by atoms with Gasteiger partial charge in [0.15, 0.2) is 28.7 Å². The Labute approximate surface area is 195 Å². The molecular formula is C23H24N4O7. The molecule has 178 valence electrons. The molecule has 0 saturated heterocycles. The number of nitrogens with one attached hydrogen (secondary N) is 2. The van der Waals surface area contributed by atoms with E-state index in [1.165, 1.54) is 46.8 Å². The molecule has 0 unspecified atom stereocenters. The zero-order valence-electron chi connectivity index (χ0n) is 19.3. The normalized spacial score (nSPS) is 10.6. The molecule has 0 atom stereocenters. The number of carbonyl (C=O) groups is 2. The molecular weight excluding hydrogens is 444 g/mol. The third-order valence-corrected chi connectivity index (χ3v) is 4.61. The van der Waals surface area contributed by atoms with Gasteiger partial charge in [0.2, 0.25) is 5.75 Å². The second-order valence-electron chi connectivity index (χ2n) is 6.85. The summed E-state index contributed by atoms with van der Waals surface area (Å²) < 4.78 is 26.7. The first-order chi connectivity index (χ1) is 16.4. The maximum Gasteiger partial charge on any atom is 0.343 e. The quantitative estimate of drug-likeness (QED) is 0.212. The predicted octanol–water partition coefficient (Wildman–Crippen LogP) is 2.74. The molecule has 0 aliphatic carbocycles. The Kier molecular flexibility index (Phi) is 7.70. The standard InChI is InChI=1S/C23H24N4O7/c1-13-8-16(26-25-13)22(28)27-24-12-14-6-7-17(18(9-14)30-2)34-23(29)15-10-19(31-3)21(33-5)20(11-15)32-4/h6-12H,1-5H3,(H,25,26)(H,27,28)/b24-12-. The predicted molar refractivity (Wildman–Crippen MR) is 122 cm³/mol. The first-order valence-corrected chi connectivity index (χ1v) is 9.95. The van der Waals surface area contributed by atoms with Gasteiger partial charge in [0.1, 0.15) is 0 Å². The van der Waals surface area contributed by atoms with Crippen molar-refractivity contribution in [2.45, 2.75) is 6.92 Å². The first-order valence-electron chi connectivity index (χ1n) is 9.95. The summed E-state index contributed by atoms with van der Waals surface area (Å²) in [5, 5.41) is 10.5. The number of H-pyrrole nitrogens is 1. The van der Waals surface area contributed by atoms with Crippen LogP contribution >= 0.6 is 0 Å². The topological polar surface area (TPSA) is 133 Å². The van der Waals surface area contributed by atoms with Gasteiger partial charge < -0.3 is 23.7 Å². The Morgan fingerprint density at radius 3 is 2.15 bits per heavy atom. The number of aromatic amines is 1. The molecule has 11 heteroatoms. The first kappa shape index (κ1) is 24.1. The summed E-state index contributed by atoms with van der Waals surface area (Å²) in [5.74, 6) is 0.369. The average molecular weight is 468 g/mol. The number of aryl methyl sites for hydroxylation is 1. The summed E-state index contributed by atoms with van der Waals surface area (Å²) in [5.41, 5.74) is 4.16. The smallest absolute Gasteiger partial charge is 0.343 e. The molecule has 0 aliphatic heterocycles. The Balaban J connectivity index is 1.74. The molecule has 2 N–H and O–H groups in total. The Hall–Kier alpha value is -4.54. The summed E-state index contributed by atoms with van der Waals surface area (Å²) in [6, 6.07) is 9.38. The van der Waals surface area contributed by atoms with Crippen LogP contribution in [0.5, 0.6) is 28.7 Å². The zero-order valence-corrected chi connectivity index (χ0v) is 19.3. The number of amides is 1. The van der Waals surface area contributed by atoms with Crippen molar-refractivity contribution in [2.75, 3.05) is 28.4 Å². The molecule has 0 fully saturated rings. The van der Waals surface area contributed by atoms with Gasteiger partial charge in [0.25, 0.3) is 5.91 Å². The van der Waals surface area contributed by atoms with E-state index in [9.17, 15) is 9.59 Å². The van der Waals surface area contributed by atoms with Gasteiger partial charge in [-0.15, -0.1) is 0 Å². The number of nitrogens with zero attached hydrogens (tertiary/aromatic N) is 2. The second-order valence-corrected chi connectivity index (χ2v) is 6.85. The number of hydrogen-bond acceptors (Lipinski definition) is 9. The number of carbonyl (C=O) groups excluding carboxylic acids is 2. The summed E-state index contributed by atoms with van der Waals surface area (Å²) in [7, 11) is 5.81. The van der Waals surface area contributed by atoms with Crippen LogP contribution in [0.3, 0.4) is 0 Å². The summed E-state index contributed by atoms with van der Waals surface area (Å²) in [4.78, 5) is 24.8. The van der Waals surface area contributed by atoms with Crippen LogP contribution in [0.2, 0.25) is 0 Å². The maximum atomic E-state index is 12.8. The number of hydrazone groups is 1. The molecule has 0 radical (unpaired) electrons. The van der Waals surface area contributed by atoms with Crippen LogP contribution in [-0.2, 0) is 0 Å². The SMILES string of the molecule is COc1cc(/C=N\NC(=O)c2cc(C)[nH]n2)ccc1OC(=O)c1cc(OC)c(OC)c(OC)c1. The second kappa shape index (κ2) is 10.9. The van der Waals surface area contributed by atoms with Crippen LogP contribution in [-0.4, -0.2) is 56.7 Å². The minimum absolute atomic E-state index is 0.189. The van der Waals surface area contributed by atoms with Crippen LogP contribution < -0.4 is 29.1 Å². The Morgan fingerprint density at radius 1 is 0.912 bits per heavy atom. The van der Waals surface area contributed by atoms with E-state index in [-0.39, 0.29) is 17.0 Å². The molecule has 11 nitrogen and oxygen atoms in total. The van der Waals surface area contributed by atoms with Crippen LogP contribution in [0.4, 0.5) is 0 Å². The summed E-state index contributed by atoms with van der Waals surface area (Å²) in [6.45, 7) is 1.79. The largest absolute Gasteiger partial charge is 0.493 e. The van der Waals surface area contributed by atoms with Gasteiger partial charge in [0.05, 0.1) is 40.2 Å². The Bertz CT molecular complexity index is 1190. The van der Waals surface area contributed by atoms with Gasteiger partial charge in [-0.05, 0) is 48.9 Å². The lowest BCUT2D eigenvalue weighted by molar-refractivity contribution is 0.0728. The third kappa shape index (κ3) is 5.44. The van der Waals surface area contributed by atoms with Gasteiger partial charge in [-0.3, -0.25) is 9.89 Å². The highest BCUT2D eigenvalue weighted by atomic mass is 16.6. The highest BCUT2D eigenvalue weighted by Gasteiger charge is 2.19. The molecule has 3 aromatic rings. The van der Waals surface area contributed by atoms with Gasteiger partial charge in [-0.1, -0.05) is 0 Å². The number of rotatable bonds is 9. The fourth-order valence-corrected chi connectivity index (χ4v) is 2.96. The van der Waals surface area contributed by atoms with Crippen LogP contribution in [0, 0.1) is 6.92 Å². The minimum Gasteiger partial charge on any atom is -0.493 e. The molecule has 1 amide bonds. The van der Waals surface area contributed by atoms with Crippen molar-refractivity contribution >= 4 is 18.1 Å². The number of aromatic nitrogens is 2. The molecule has 2 aromatic carbocycles. The van der Waals surface area contributed by atoms with Crippen molar-refractivity contribution < 1.29 is 33.3 Å². The Morgan fingerprint density at radius 2 is 1.59 bits per heavy atom.